The van der Waals surface area contributed by atoms with Crippen molar-refractivity contribution in [3.63, 3.8) is 0 Å². The topological polar surface area (TPSA) is 273 Å². The van der Waals surface area contributed by atoms with Gasteiger partial charge in [-0.2, -0.15) is 21.3 Å². The molecule has 22 heteroatoms. The van der Waals surface area contributed by atoms with Crippen molar-refractivity contribution >= 4 is 48.1 Å². The third-order valence-electron chi connectivity index (χ3n) is 4.38. The molecule has 0 aromatic carbocycles. The molecule has 0 radical (unpaired) electrons. The number of H-pyrrole nitrogens is 1. The van der Waals surface area contributed by atoms with Crippen LogP contribution in [0.5, 0.6) is 0 Å². The minimum absolute atomic E-state index is 0.00199. The second-order valence-electron chi connectivity index (χ2n) is 7.25. The molecule has 5 atom stereocenters. The third-order valence-corrected chi connectivity index (χ3v) is 8.41. The smallest absolute Gasteiger partial charge is 0.390 e. The van der Waals surface area contributed by atoms with Crippen molar-refractivity contribution < 1.29 is 61.1 Å². The predicted molar refractivity (Wildman–Crippen MR) is 126 cm³/mol. The van der Waals surface area contributed by atoms with E-state index in [0.29, 0.717) is 5.75 Å². The van der Waals surface area contributed by atoms with E-state index in [-0.39, 0.29) is 30.9 Å². The number of phosphoric acid groups is 3. The van der Waals surface area contributed by atoms with Gasteiger partial charge in [0.2, 0.25) is 5.91 Å². The van der Waals surface area contributed by atoms with Crippen LogP contribution in [0, 0.1) is 0 Å². The number of aliphatic hydroxyl groups excluding tert-OH is 1. The zero-order valence-electron chi connectivity index (χ0n) is 18.6. The van der Waals surface area contributed by atoms with Gasteiger partial charge in [-0.3, -0.25) is 23.7 Å². The van der Waals surface area contributed by atoms with E-state index in [9.17, 15) is 38.1 Å². The van der Waals surface area contributed by atoms with Gasteiger partial charge < -0.3 is 34.7 Å². The van der Waals surface area contributed by atoms with Crippen LogP contribution in [-0.4, -0.2) is 71.3 Å². The number of hydrogen-bond acceptors (Lipinski definition) is 12. The lowest BCUT2D eigenvalue weighted by atomic mass is 10.2. The number of nitrogens with zero attached hydrogens (tertiary/aromatic N) is 1. The first kappa shape index (κ1) is 31.8. The molecule has 1 aliphatic rings. The van der Waals surface area contributed by atoms with Crippen molar-refractivity contribution in [2.45, 2.75) is 31.3 Å². The van der Waals surface area contributed by atoms with Crippen LogP contribution in [0.25, 0.3) is 6.08 Å². The monoisotopic (exact) mass is 611 g/mol. The average molecular weight is 611 g/mol. The number of hydrogen-bond donors (Lipinski definition) is 8. The largest absolute Gasteiger partial charge is 0.490 e. The van der Waals surface area contributed by atoms with Crippen LogP contribution < -0.4 is 16.6 Å². The van der Waals surface area contributed by atoms with E-state index in [1.54, 1.807) is 0 Å². The maximum Gasteiger partial charge on any atom is 0.490 e. The van der Waals surface area contributed by atoms with E-state index in [1.807, 2.05) is 0 Å². The minimum Gasteiger partial charge on any atom is -0.390 e. The van der Waals surface area contributed by atoms with E-state index in [4.69, 9.17) is 19.4 Å². The Morgan fingerprint density at radius 1 is 1.22 bits per heavy atom. The summed E-state index contributed by atoms with van der Waals surface area (Å²) in [6.45, 7) is -0.843. The van der Waals surface area contributed by atoms with Gasteiger partial charge in [0, 0.05) is 25.6 Å². The molecule has 210 valence electrons. The summed E-state index contributed by atoms with van der Waals surface area (Å²) in [4.78, 5) is 73.6. The number of aromatic amines is 1. The molecule has 2 heterocycles. The van der Waals surface area contributed by atoms with E-state index in [2.05, 4.69) is 36.1 Å². The van der Waals surface area contributed by atoms with Gasteiger partial charge in [-0.25, -0.2) is 18.5 Å². The Hall–Kier alpha value is -1.43. The number of thiol groups is 1. The molecule has 0 saturated carbocycles. The van der Waals surface area contributed by atoms with Crippen molar-refractivity contribution in [2.24, 2.45) is 0 Å². The number of amides is 1. The number of carbonyl (C=O) groups excluding carboxylic acids is 1. The summed E-state index contributed by atoms with van der Waals surface area (Å²) in [6, 6.07) is 0. The Bertz CT molecular complexity index is 1260. The second kappa shape index (κ2) is 13.1. The highest BCUT2D eigenvalue weighted by atomic mass is 32.1. The van der Waals surface area contributed by atoms with E-state index in [1.165, 1.54) is 12.2 Å². The van der Waals surface area contributed by atoms with Crippen LogP contribution in [0.3, 0.4) is 0 Å². The van der Waals surface area contributed by atoms with E-state index < -0.39 is 59.8 Å². The zero-order chi connectivity index (χ0) is 28.0. The van der Waals surface area contributed by atoms with Gasteiger partial charge in [0.05, 0.1) is 18.3 Å². The number of phosphoric ester groups is 1. The Labute approximate surface area is 213 Å². The number of rotatable bonds is 13. The summed E-state index contributed by atoms with van der Waals surface area (Å²) in [6.07, 6.45) is -0.107. The fourth-order valence-electron chi connectivity index (χ4n) is 2.89. The normalized spacial score (nSPS) is 23.6. The summed E-state index contributed by atoms with van der Waals surface area (Å²) < 4.78 is 51.8. The molecule has 1 aromatic heterocycles. The van der Waals surface area contributed by atoms with Crippen molar-refractivity contribution in [3.8, 4) is 0 Å². The zero-order valence-corrected chi connectivity index (χ0v) is 22.1. The Balaban J connectivity index is 2.05. The van der Waals surface area contributed by atoms with Crippen LogP contribution in [0.2, 0.25) is 0 Å². The highest BCUT2D eigenvalue weighted by Crippen LogP contribution is 2.66. The molecular weight excluding hydrogens is 587 g/mol. The van der Waals surface area contributed by atoms with Gasteiger partial charge in [0.1, 0.15) is 12.3 Å². The van der Waals surface area contributed by atoms with Crippen molar-refractivity contribution in [1.29, 1.82) is 0 Å². The van der Waals surface area contributed by atoms with E-state index in [0.717, 1.165) is 10.8 Å². The summed E-state index contributed by atoms with van der Waals surface area (Å²) in [5.74, 6) is 0.101. The molecule has 0 aliphatic carbocycles. The Kier molecular flexibility index (Phi) is 11.2. The van der Waals surface area contributed by atoms with Gasteiger partial charge >= 0.3 is 29.2 Å². The molecule has 18 nitrogen and oxygen atoms in total. The van der Waals surface area contributed by atoms with Crippen LogP contribution in [0.4, 0.5) is 0 Å². The number of carbonyl (C=O) groups is 1. The molecule has 0 spiro atoms. The average Bonchev–Trinajstić information content (AvgIpc) is 3.09. The molecule has 3 unspecified atom stereocenters. The molecule has 1 amide bonds. The van der Waals surface area contributed by atoms with Crippen molar-refractivity contribution in [1.82, 2.24) is 14.9 Å². The fraction of sp³-hybridized carbons (Fsp3) is 0.533. The van der Waals surface area contributed by atoms with Gasteiger partial charge in [0.25, 0.3) is 5.56 Å². The Morgan fingerprint density at radius 2 is 1.89 bits per heavy atom. The minimum atomic E-state index is -5.73. The first-order valence-corrected chi connectivity index (χ1v) is 15.2. The van der Waals surface area contributed by atoms with Crippen LogP contribution >= 0.6 is 36.1 Å². The summed E-state index contributed by atoms with van der Waals surface area (Å²) in [7, 11) is -16.7. The summed E-state index contributed by atoms with van der Waals surface area (Å²) >= 11 is 3.93. The molecule has 37 heavy (non-hydrogen) atoms. The third kappa shape index (κ3) is 10.7. The van der Waals surface area contributed by atoms with Crippen LogP contribution in [0.1, 0.15) is 24.6 Å². The predicted octanol–water partition coefficient (Wildman–Crippen LogP) is -1.02. The molecule has 2 rings (SSSR count). The number of ether oxygens (including phenoxy) is 1. The highest BCUT2D eigenvalue weighted by molar-refractivity contribution is 7.80. The lowest BCUT2D eigenvalue weighted by Gasteiger charge is -2.19. The highest BCUT2D eigenvalue weighted by Gasteiger charge is 2.43. The molecule has 0 bridgehead atoms. The van der Waals surface area contributed by atoms with Gasteiger partial charge in [-0.1, -0.05) is 12.2 Å². The molecule has 1 saturated heterocycles. The first-order chi connectivity index (χ1) is 17.0. The molecule has 1 aromatic rings. The van der Waals surface area contributed by atoms with Crippen LogP contribution in [0.15, 0.2) is 21.9 Å². The molecular formula is C15H24N3O15P3S. The number of aliphatic hydroxyl groups is 1. The van der Waals surface area contributed by atoms with Crippen molar-refractivity contribution in [2.75, 3.05) is 18.9 Å². The first-order valence-electron chi connectivity index (χ1n) is 10.0. The van der Waals surface area contributed by atoms with Gasteiger partial charge in [-0.05, 0) is 5.75 Å². The second-order valence-corrected chi connectivity index (χ2v) is 12.1. The lowest BCUT2D eigenvalue weighted by Crippen LogP contribution is -2.33. The maximum atomic E-state index is 12.3. The van der Waals surface area contributed by atoms with Crippen molar-refractivity contribution in [3.05, 3.63) is 38.7 Å². The Morgan fingerprint density at radius 3 is 2.51 bits per heavy atom. The van der Waals surface area contributed by atoms with E-state index >= 15 is 0 Å². The molecule has 1 aliphatic heterocycles. The SMILES string of the molecule is O=C(CCS)NC/C=C/c1cn([C@H]2CC(O)[C@@H](COP(=O)(O)OP(=O)(O)OP(=O)(O)O)O2)c(=O)[nH]c1=O. The number of aromatic nitrogens is 2. The summed E-state index contributed by atoms with van der Waals surface area (Å²) in [5, 5.41) is 12.7. The maximum absolute atomic E-state index is 12.3. The number of nitrogens with one attached hydrogen (secondary N) is 2. The lowest BCUT2D eigenvalue weighted by molar-refractivity contribution is -0.120. The van der Waals surface area contributed by atoms with Gasteiger partial charge in [-0.15, -0.1) is 0 Å². The standard InChI is InChI=1S/C15H24N3O15P3S/c19-10-6-13(31-11(10)8-30-35(26,27)33-36(28,29)32-34(23,24)25)18-7-9(14(21)17-15(18)22)2-1-4-16-12(20)3-5-37/h1-2,7,10-11,13,19,37H,3-6,8H2,(H,16,20)(H,26,27)(H,28,29)(H,17,21,22)(H2,23,24,25)/b2-1+/t10?,11-,13-/m1/s1. The molecule has 1 fully saturated rings. The van der Waals surface area contributed by atoms with Gasteiger partial charge in [0.15, 0.2) is 0 Å². The quantitative estimate of drug-likeness (QED) is 0.0979. The molecule has 7 N–H and O–H groups in total. The summed E-state index contributed by atoms with van der Waals surface area (Å²) in [5.41, 5.74) is -1.66. The fourth-order valence-corrected chi connectivity index (χ4v) is 6.12. The van der Waals surface area contributed by atoms with Crippen LogP contribution in [-0.2, 0) is 36.4 Å².